The van der Waals surface area contributed by atoms with Crippen molar-refractivity contribution in [1.82, 2.24) is 4.98 Å². The van der Waals surface area contributed by atoms with Crippen LogP contribution in [-0.2, 0) is 11.2 Å². The lowest BCUT2D eigenvalue weighted by Crippen LogP contribution is -1.97. The minimum absolute atomic E-state index is 0.105. The Balaban J connectivity index is 2.13. The maximum Gasteiger partial charge on any atom is 0.187 e. The molecule has 0 aliphatic carbocycles. The third kappa shape index (κ3) is 3.48. The highest BCUT2D eigenvalue weighted by atomic mass is 32.1. The second-order valence-corrected chi connectivity index (χ2v) is 5.08. The number of nitrogens with one attached hydrogen (secondary N) is 1. The number of methoxy groups -OCH3 is 2. The molecular formula is C14H16N2O3S. The number of anilines is 2. The molecule has 0 saturated heterocycles. The van der Waals surface area contributed by atoms with E-state index in [-0.39, 0.29) is 5.78 Å². The second kappa shape index (κ2) is 6.38. The van der Waals surface area contributed by atoms with Crippen molar-refractivity contribution in [3.05, 3.63) is 29.3 Å². The van der Waals surface area contributed by atoms with Crippen LogP contribution in [0.2, 0.25) is 0 Å². The number of rotatable bonds is 6. The fourth-order valence-corrected chi connectivity index (χ4v) is 2.47. The fourth-order valence-electron chi connectivity index (χ4n) is 1.74. The monoisotopic (exact) mass is 292 g/mol. The molecule has 1 heterocycles. The van der Waals surface area contributed by atoms with Crippen LogP contribution in [0.1, 0.15) is 12.6 Å². The maximum absolute atomic E-state index is 11.0. The van der Waals surface area contributed by atoms with Crippen molar-refractivity contribution in [2.75, 3.05) is 19.5 Å². The molecule has 5 nitrogen and oxygen atoms in total. The summed E-state index contributed by atoms with van der Waals surface area (Å²) in [5.74, 6) is 1.43. The third-order valence-electron chi connectivity index (χ3n) is 2.62. The molecule has 1 aromatic heterocycles. The van der Waals surface area contributed by atoms with Crippen LogP contribution in [0, 0.1) is 0 Å². The molecule has 2 rings (SSSR count). The maximum atomic E-state index is 11.0. The Kier molecular flexibility index (Phi) is 4.57. The Morgan fingerprint density at radius 1 is 1.30 bits per heavy atom. The van der Waals surface area contributed by atoms with Crippen LogP contribution in [-0.4, -0.2) is 25.0 Å². The molecule has 0 amide bonds. The largest absolute Gasteiger partial charge is 0.493 e. The Labute approximate surface area is 121 Å². The minimum atomic E-state index is 0.105. The Bertz CT molecular complexity index is 610. The molecule has 0 unspecified atom stereocenters. The van der Waals surface area contributed by atoms with Gasteiger partial charge < -0.3 is 14.8 Å². The van der Waals surface area contributed by atoms with E-state index in [9.17, 15) is 4.79 Å². The number of hydrogen-bond donors (Lipinski definition) is 1. The van der Waals surface area contributed by atoms with Gasteiger partial charge in [-0.05, 0) is 19.1 Å². The summed E-state index contributed by atoms with van der Waals surface area (Å²) in [5.41, 5.74) is 1.64. The molecule has 0 spiro atoms. The van der Waals surface area contributed by atoms with Gasteiger partial charge in [-0.25, -0.2) is 4.98 Å². The summed E-state index contributed by atoms with van der Waals surface area (Å²) in [7, 11) is 3.19. The molecule has 106 valence electrons. The van der Waals surface area contributed by atoms with Gasteiger partial charge in [-0.2, -0.15) is 0 Å². The van der Waals surface area contributed by atoms with Crippen molar-refractivity contribution >= 4 is 27.9 Å². The van der Waals surface area contributed by atoms with E-state index in [1.807, 2.05) is 23.6 Å². The molecule has 0 aliphatic rings. The zero-order chi connectivity index (χ0) is 14.5. The minimum Gasteiger partial charge on any atom is -0.493 e. The lowest BCUT2D eigenvalue weighted by molar-refractivity contribution is -0.116. The molecule has 0 fully saturated rings. The quantitative estimate of drug-likeness (QED) is 0.886. The van der Waals surface area contributed by atoms with Crippen LogP contribution < -0.4 is 14.8 Å². The van der Waals surface area contributed by atoms with Gasteiger partial charge in [0.25, 0.3) is 0 Å². The standard InChI is InChI=1S/C14H16N2O3S/c1-9(17)6-11-8-20-14(16-11)15-10-4-5-12(18-2)13(7-10)19-3/h4-5,7-8H,6H2,1-3H3,(H,15,16). The van der Waals surface area contributed by atoms with E-state index >= 15 is 0 Å². The lowest BCUT2D eigenvalue weighted by Gasteiger charge is -2.09. The smallest absolute Gasteiger partial charge is 0.187 e. The Hall–Kier alpha value is -2.08. The molecule has 2 aromatic rings. The Morgan fingerprint density at radius 3 is 2.70 bits per heavy atom. The Morgan fingerprint density at radius 2 is 2.05 bits per heavy atom. The number of benzene rings is 1. The summed E-state index contributed by atoms with van der Waals surface area (Å²) in [4.78, 5) is 15.4. The number of carbonyl (C=O) groups excluding carboxylic acids is 1. The first-order valence-electron chi connectivity index (χ1n) is 6.05. The van der Waals surface area contributed by atoms with Gasteiger partial charge in [-0.1, -0.05) is 0 Å². The van der Waals surface area contributed by atoms with E-state index < -0.39 is 0 Å². The first-order chi connectivity index (χ1) is 9.62. The summed E-state index contributed by atoms with van der Waals surface area (Å²) < 4.78 is 10.4. The summed E-state index contributed by atoms with van der Waals surface area (Å²) >= 11 is 1.46. The van der Waals surface area contributed by atoms with E-state index in [1.54, 1.807) is 21.1 Å². The summed E-state index contributed by atoms with van der Waals surface area (Å²) in [5, 5.41) is 5.81. The first kappa shape index (κ1) is 14.3. The predicted octanol–water partition coefficient (Wildman–Crippen LogP) is 3.04. The zero-order valence-electron chi connectivity index (χ0n) is 11.6. The molecule has 1 N–H and O–H groups in total. The molecule has 0 bridgehead atoms. The van der Waals surface area contributed by atoms with Crippen molar-refractivity contribution in [1.29, 1.82) is 0 Å². The van der Waals surface area contributed by atoms with Crippen molar-refractivity contribution in [2.45, 2.75) is 13.3 Å². The highest BCUT2D eigenvalue weighted by Gasteiger charge is 2.07. The van der Waals surface area contributed by atoms with E-state index in [2.05, 4.69) is 10.3 Å². The third-order valence-corrected chi connectivity index (χ3v) is 3.42. The second-order valence-electron chi connectivity index (χ2n) is 4.22. The zero-order valence-corrected chi connectivity index (χ0v) is 12.4. The van der Waals surface area contributed by atoms with Gasteiger partial charge in [0.15, 0.2) is 16.6 Å². The number of aromatic nitrogens is 1. The van der Waals surface area contributed by atoms with Crippen molar-refractivity contribution < 1.29 is 14.3 Å². The van der Waals surface area contributed by atoms with E-state index in [0.717, 1.165) is 16.5 Å². The van der Waals surface area contributed by atoms with Crippen LogP contribution in [0.4, 0.5) is 10.8 Å². The van der Waals surface area contributed by atoms with E-state index in [1.165, 1.54) is 11.3 Å². The fraction of sp³-hybridized carbons (Fsp3) is 0.286. The van der Waals surface area contributed by atoms with Crippen LogP contribution >= 0.6 is 11.3 Å². The number of Topliss-reactive ketones (excluding diaryl/α,β-unsaturated/α-hetero) is 1. The van der Waals surface area contributed by atoms with Gasteiger partial charge in [-0.3, -0.25) is 4.79 Å². The van der Waals surface area contributed by atoms with Gasteiger partial charge in [0.05, 0.1) is 19.9 Å². The average Bonchev–Trinajstić information content (AvgIpc) is 2.85. The molecule has 0 saturated carbocycles. The highest BCUT2D eigenvalue weighted by Crippen LogP contribution is 2.31. The summed E-state index contributed by atoms with van der Waals surface area (Å²) in [6.07, 6.45) is 0.365. The number of hydrogen-bond acceptors (Lipinski definition) is 6. The van der Waals surface area contributed by atoms with Gasteiger partial charge >= 0.3 is 0 Å². The number of nitrogens with zero attached hydrogens (tertiary/aromatic N) is 1. The predicted molar refractivity (Wildman–Crippen MR) is 79.3 cm³/mol. The molecule has 6 heteroatoms. The summed E-state index contributed by atoms with van der Waals surface area (Å²) in [6.45, 7) is 1.56. The number of ether oxygens (including phenoxy) is 2. The first-order valence-corrected chi connectivity index (χ1v) is 6.93. The molecule has 0 radical (unpaired) electrons. The number of ketones is 1. The highest BCUT2D eigenvalue weighted by molar-refractivity contribution is 7.13. The molecular weight excluding hydrogens is 276 g/mol. The molecule has 0 atom stereocenters. The van der Waals surface area contributed by atoms with Gasteiger partial charge in [0, 0.05) is 23.6 Å². The SMILES string of the molecule is COc1ccc(Nc2nc(CC(C)=O)cs2)cc1OC. The van der Waals surface area contributed by atoms with Crippen molar-refractivity contribution in [2.24, 2.45) is 0 Å². The molecule has 1 aromatic carbocycles. The number of thiazole rings is 1. The van der Waals surface area contributed by atoms with Crippen LogP contribution in [0.3, 0.4) is 0 Å². The number of carbonyl (C=O) groups is 1. The van der Waals surface area contributed by atoms with Crippen LogP contribution in [0.15, 0.2) is 23.6 Å². The average molecular weight is 292 g/mol. The molecule has 20 heavy (non-hydrogen) atoms. The van der Waals surface area contributed by atoms with E-state index in [4.69, 9.17) is 9.47 Å². The van der Waals surface area contributed by atoms with Crippen LogP contribution in [0.5, 0.6) is 11.5 Å². The summed E-state index contributed by atoms with van der Waals surface area (Å²) in [6, 6.07) is 5.55. The topological polar surface area (TPSA) is 60.5 Å². The van der Waals surface area contributed by atoms with Gasteiger partial charge in [0.1, 0.15) is 5.78 Å². The van der Waals surface area contributed by atoms with Crippen molar-refractivity contribution in [3.8, 4) is 11.5 Å². The molecule has 0 aliphatic heterocycles. The van der Waals surface area contributed by atoms with Crippen molar-refractivity contribution in [3.63, 3.8) is 0 Å². The normalized spacial score (nSPS) is 10.2. The van der Waals surface area contributed by atoms with Gasteiger partial charge in [-0.15, -0.1) is 11.3 Å². The van der Waals surface area contributed by atoms with E-state index in [0.29, 0.717) is 17.9 Å². The van der Waals surface area contributed by atoms with Crippen LogP contribution in [0.25, 0.3) is 0 Å². The van der Waals surface area contributed by atoms with Gasteiger partial charge in [0.2, 0.25) is 0 Å². The lowest BCUT2D eigenvalue weighted by atomic mass is 10.2.